The smallest absolute Gasteiger partial charge is 0.276 e. The lowest BCUT2D eigenvalue weighted by molar-refractivity contribution is -0.383. The van der Waals surface area contributed by atoms with E-state index in [0.29, 0.717) is 5.02 Å². The number of nitrogens with one attached hydrogen (secondary N) is 4. The molecule has 2 aromatic heterocycles. The zero-order chi connectivity index (χ0) is 22.4. The molecular formula is C17H12Cl2N8O4. The Labute approximate surface area is 184 Å². The van der Waals surface area contributed by atoms with Crippen LogP contribution < -0.4 is 21.7 Å². The number of carbonyl (C=O) groups excluding carboxylic acids is 2. The van der Waals surface area contributed by atoms with E-state index in [9.17, 15) is 19.7 Å². The van der Waals surface area contributed by atoms with Crippen LogP contribution in [0.4, 0.5) is 17.3 Å². The van der Waals surface area contributed by atoms with Crippen LogP contribution in [0, 0.1) is 10.1 Å². The van der Waals surface area contributed by atoms with E-state index in [1.54, 1.807) is 6.07 Å². The third-order valence-corrected chi connectivity index (χ3v) is 4.24. The highest BCUT2D eigenvalue weighted by atomic mass is 35.5. The Bertz CT molecular complexity index is 1150. The van der Waals surface area contributed by atoms with E-state index in [1.165, 1.54) is 36.7 Å². The summed E-state index contributed by atoms with van der Waals surface area (Å²) in [4.78, 5) is 46.4. The highest BCUT2D eigenvalue weighted by molar-refractivity contribution is 6.36. The van der Waals surface area contributed by atoms with E-state index in [2.05, 4.69) is 36.7 Å². The predicted molar refractivity (Wildman–Crippen MR) is 112 cm³/mol. The van der Waals surface area contributed by atoms with Crippen LogP contribution in [-0.4, -0.2) is 31.7 Å². The second-order valence-electron chi connectivity index (χ2n) is 5.70. The maximum atomic E-state index is 12.3. The molecule has 12 nitrogen and oxygen atoms in total. The standard InChI is InChI=1S/C17H12Cl2N8O4/c18-10-3-4-11(12(19)6-10)17(29)26-24-15-13(27(30)31)14(21-8-22-15)23-25-16(28)9-2-1-5-20-7-9/h1-8H,(H,25,28)(H,26,29)(H2,21,22,23,24). The average Bonchev–Trinajstić information content (AvgIpc) is 2.76. The minimum absolute atomic E-state index is 0.0809. The number of hydrogen-bond donors (Lipinski definition) is 4. The molecular weight excluding hydrogens is 451 g/mol. The number of hydrogen-bond acceptors (Lipinski definition) is 9. The fourth-order valence-electron chi connectivity index (χ4n) is 2.28. The van der Waals surface area contributed by atoms with E-state index in [1.807, 2.05) is 0 Å². The lowest BCUT2D eigenvalue weighted by Gasteiger charge is -2.12. The number of halogens is 2. The van der Waals surface area contributed by atoms with Gasteiger partial charge in [0.1, 0.15) is 6.33 Å². The average molecular weight is 463 g/mol. The lowest BCUT2D eigenvalue weighted by Crippen LogP contribution is -2.32. The SMILES string of the molecule is O=C(NNc1ncnc(NNC(=O)c2ccc(Cl)cc2Cl)c1[N+](=O)[O-])c1cccnc1. The van der Waals surface area contributed by atoms with Crippen LogP contribution in [0.25, 0.3) is 0 Å². The molecule has 2 amide bonds. The van der Waals surface area contributed by atoms with Gasteiger partial charge in [-0.3, -0.25) is 46.4 Å². The zero-order valence-electron chi connectivity index (χ0n) is 15.3. The molecule has 0 saturated heterocycles. The molecule has 158 valence electrons. The summed E-state index contributed by atoms with van der Waals surface area (Å²) in [6, 6.07) is 7.28. The molecule has 0 fully saturated rings. The van der Waals surface area contributed by atoms with Gasteiger partial charge in [0.15, 0.2) is 0 Å². The Morgan fingerprint density at radius 2 is 1.68 bits per heavy atom. The predicted octanol–water partition coefficient (Wildman–Crippen LogP) is 2.60. The first kappa shape index (κ1) is 21.7. The highest BCUT2D eigenvalue weighted by Gasteiger charge is 2.24. The molecule has 3 rings (SSSR count). The van der Waals surface area contributed by atoms with Gasteiger partial charge in [0.2, 0.25) is 11.6 Å². The van der Waals surface area contributed by atoms with Gasteiger partial charge < -0.3 is 0 Å². The quantitative estimate of drug-likeness (QED) is 0.305. The van der Waals surface area contributed by atoms with Crippen molar-refractivity contribution in [2.45, 2.75) is 0 Å². The van der Waals surface area contributed by atoms with Crippen molar-refractivity contribution >= 4 is 52.3 Å². The monoisotopic (exact) mass is 462 g/mol. The number of anilines is 2. The van der Waals surface area contributed by atoms with Crippen molar-refractivity contribution < 1.29 is 14.5 Å². The molecule has 0 spiro atoms. The zero-order valence-corrected chi connectivity index (χ0v) is 16.8. The van der Waals surface area contributed by atoms with Crippen LogP contribution in [0.1, 0.15) is 20.7 Å². The molecule has 2 heterocycles. The molecule has 0 aliphatic rings. The van der Waals surface area contributed by atoms with Crippen molar-refractivity contribution in [3.63, 3.8) is 0 Å². The van der Waals surface area contributed by atoms with Crippen molar-refractivity contribution in [3.8, 4) is 0 Å². The van der Waals surface area contributed by atoms with Gasteiger partial charge in [0.25, 0.3) is 11.8 Å². The van der Waals surface area contributed by atoms with Crippen molar-refractivity contribution in [1.29, 1.82) is 0 Å². The highest BCUT2D eigenvalue weighted by Crippen LogP contribution is 2.28. The minimum atomic E-state index is -0.789. The minimum Gasteiger partial charge on any atom is -0.276 e. The van der Waals surface area contributed by atoms with Crippen molar-refractivity contribution in [3.05, 3.63) is 80.3 Å². The molecule has 4 N–H and O–H groups in total. The molecule has 31 heavy (non-hydrogen) atoms. The number of pyridine rings is 1. The van der Waals surface area contributed by atoms with E-state index in [4.69, 9.17) is 23.2 Å². The Balaban J connectivity index is 1.74. The lowest BCUT2D eigenvalue weighted by atomic mass is 10.2. The number of benzene rings is 1. The van der Waals surface area contributed by atoms with Crippen molar-refractivity contribution in [2.75, 3.05) is 10.9 Å². The van der Waals surface area contributed by atoms with Crippen LogP contribution in [0.3, 0.4) is 0 Å². The van der Waals surface area contributed by atoms with Gasteiger partial charge in [-0.1, -0.05) is 23.2 Å². The summed E-state index contributed by atoms with van der Waals surface area (Å²) < 4.78 is 0. The Hall–Kier alpha value is -4.03. The maximum absolute atomic E-state index is 12.3. The van der Waals surface area contributed by atoms with Gasteiger partial charge in [-0.2, -0.15) is 0 Å². The number of nitro groups is 1. The summed E-state index contributed by atoms with van der Waals surface area (Å²) in [6.07, 6.45) is 3.80. The van der Waals surface area contributed by atoms with Gasteiger partial charge in [-0.15, -0.1) is 0 Å². The molecule has 14 heteroatoms. The number of hydrazine groups is 2. The van der Waals surface area contributed by atoms with Crippen LogP contribution in [-0.2, 0) is 0 Å². The summed E-state index contributed by atoms with van der Waals surface area (Å²) in [5.74, 6) is -1.94. The van der Waals surface area contributed by atoms with Crippen molar-refractivity contribution in [2.24, 2.45) is 0 Å². The van der Waals surface area contributed by atoms with Crippen molar-refractivity contribution in [1.82, 2.24) is 25.8 Å². The third-order valence-electron chi connectivity index (χ3n) is 3.69. The second kappa shape index (κ2) is 9.65. The van der Waals surface area contributed by atoms with Gasteiger partial charge in [-0.05, 0) is 30.3 Å². The fourth-order valence-corrected chi connectivity index (χ4v) is 2.77. The largest absolute Gasteiger partial charge is 0.356 e. The molecule has 0 unspecified atom stereocenters. The van der Waals surface area contributed by atoms with Crippen LogP contribution >= 0.6 is 23.2 Å². The van der Waals surface area contributed by atoms with Crippen LogP contribution in [0.15, 0.2) is 49.1 Å². The summed E-state index contributed by atoms with van der Waals surface area (Å²) in [5.41, 5.74) is 8.91. The van der Waals surface area contributed by atoms with Gasteiger partial charge in [0, 0.05) is 17.4 Å². The Kier molecular flexibility index (Phi) is 6.74. The summed E-state index contributed by atoms with van der Waals surface area (Å²) in [7, 11) is 0. The van der Waals surface area contributed by atoms with E-state index < -0.39 is 22.4 Å². The Morgan fingerprint density at radius 1 is 1.00 bits per heavy atom. The number of carbonyl (C=O) groups is 2. The number of rotatable bonds is 7. The molecule has 0 atom stereocenters. The first-order valence-electron chi connectivity index (χ1n) is 8.34. The van der Waals surface area contributed by atoms with E-state index in [-0.39, 0.29) is 27.8 Å². The fraction of sp³-hybridized carbons (Fsp3) is 0. The number of aromatic nitrogens is 3. The second-order valence-corrected chi connectivity index (χ2v) is 6.54. The van der Waals surface area contributed by atoms with Crippen LogP contribution in [0.2, 0.25) is 10.0 Å². The first-order valence-corrected chi connectivity index (χ1v) is 9.09. The molecule has 3 aromatic rings. The van der Waals surface area contributed by atoms with E-state index >= 15 is 0 Å². The topological polar surface area (TPSA) is 164 Å². The Morgan fingerprint density at radius 3 is 2.26 bits per heavy atom. The van der Waals surface area contributed by atoms with Crippen LogP contribution in [0.5, 0.6) is 0 Å². The molecule has 0 saturated carbocycles. The maximum Gasteiger partial charge on any atom is 0.356 e. The van der Waals surface area contributed by atoms with Gasteiger partial charge >= 0.3 is 5.69 Å². The summed E-state index contributed by atoms with van der Waals surface area (Å²) in [6.45, 7) is 0. The molecule has 1 aromatic carbocycles. The first-order chi connectivity index (χ1) is 14.9. The molecule has 0 aliphatic heterocycles. The molecule has 0 aliphatic carbocycles. The molecule has 0 bridgehead atoms. The summed E-state index contributed by atoms with van der Waals surface area (Å²) in [5, 5.41) is 12.0. The summed E-state index contributed by atoms with van der Waals surface area (Å²) >= 11 is 11.8. The normalized spacial score (nSPS) is 10.1. The number of nitrogens with zero attached hydrogens (tertiary/aromatic N) is 4. The number of amides is 2. The van der Waals surface area contributed by atoms with Gasteiger partial charge in [0.05, 0.1) is 21.1 Å². The molecule has 0 radical (unpaired) electrons. The van der Waals surface area contributed by atoms with Gasteiger partial charge in [-0.25, -0.2) is 9.97 Å². The van der Waals surface area contributed by atoms with E-state index in [0.717, 1.165) is 6.33 Å². The third kappa shape index (κ3) is 5.32.